The lowest BCUT2D eigenvalue weighted by Crippen LogP contribution is -2.33. The van der Waals surface area contributed by atoms with Gasteiger partial charge in [0.05, 0.1) is 23.9 Å². The minimum absolute atomic E-state index is 0.0345. The molecule has 0 unspecified atom stereocenters. The first-order valence-corrected chi connectivity index (χ1v) is 6.46. The van der Waals surface area contributed by atoms with Crippen molar-refractivity contribution >= 4 is 16.9 Å². The number of H-pyrrole nitrogens is 1. The highest BCUT2D eigenvalue weighted by Gasteiger charge is 2.44. The normalized spacial score (nSPS) is 28.3. The summed E-state index contributed by atoms with van der Waals surface area (Å²) in [6, 6.07) is 0. The van der Waals surface area contributed by atoms with Gasteiger partial charge in [-0.05, 0) is 0 Å². The Bertz CT molecular complexity index is 784. The number of aliphatic hydroxyl groups is 3. The van der Waals surface area contributed by atoms with Gasteiger partial charge in [-0.3, -0.25) is 9.59 Å². The van der Waals surface area contributed by atoms with Gasteiger partial charge in [0.1, 0.15) is 24.0 Å². The van der Waals surface area contributed by atoms with Crippen molar-refractivity contribution < 1.29 is 24.9 Å². The first kappa shape index (κ1) is 14.7. The minimum atomic E-state index is -1.37. The highest BCUT2D eigenvalue weighted by Crippen LogP contribution is 2.32. The molecule has 2 aromatic rings. The Balaban J connectivity index is 2.18. The van der Waals surface area contributed by atoms with Gasteiger partial charge in [-0.15, -0.1) is 0 Å². The van der Waals surface area contributed by atoms with Gasteiger partial charge in [0, 0.05) is 6.20 Å². The standard InChI is InChI=1S/C12H14N4O6/c13-9(20)4-1-16(10-6(4)11(21)15-3-14-10)12-8(19)7(18)5(2-17)22-12/h1,3,5,7-8,12,17-19H,2H2,(H2,13,20)(H,14,15,21)/t5-,7+,8-,12-/m0/s1. The van der Waals surface area contributed by atoms with Gasteiger partial charge in [-0.1, -0.05) is 0 Å². The molecule has 1 amide bonds. The molecule has 0 spiro atoms. The predicted octanol–water partition coefficient (Wildman–Crippen LogP) is -2.56. The molecule has 1 saturated heterocycles. The highest BCUT2D eigenvalue weighted by atomic mass is 16.6. The van der Waals surface area contributed by atoms with E-state index in [1.54, 1.807) is 0 Å². The van der Waals surface area contributed by atoms with Crippen LogP contribution < -0.4 is 11.3 Å². The van der Waals surface area contributed by atoms with E-state index in [4.69, 9.17) is 15.6 Å². The fourth-order valence-electron chi connectivity index (χ4n) is 2.58. The summed E-state index contributed by atoms with van der Waals surface area (Å²) in [6.07, 6.45) is -2.42. The number of amides is 1. The van der Waals surface area contributed by atoms with E-state index in [9.17, 15) is 19.8 Å². The summed E-state index contributed by atoms with van der Waals surface area (Å²) >= 11 is 0. The van der Waals surface area contributed by atoms with Gasteiger partial charge in [0.25, 0.3) is 11.5 Å². The second-order valence-corrected chi connectivity index (χ2v) is 4.97. The van der Waals surface area contributed by atoms with E-state index in [0.717, 1.165) is 6.33 Å². The number of carbonyl (C=O) groups is 1. The molecule has 1 aliphatic rings. The summed E-state index contributed by atoms with van der Waals surface area (Å²) in [5.74, 6) is -0.839. The van der Waals surface area contributed by atoms with E-state index in [2.05, 4.69) is 9.97 Å². The molecular weight excluding hydrogens is 296 g/mol. The number of hydrogen-bond acceptors (Lipinski definition) is 7. The van der Waals surface area contributed by atoms with E-state index in [0.29, 0.717) is 0 Å². The number of nitrogens with two attached hydrogens (primary N) is 1. The maximum atomic E-state index is 11.9. The third-order valence-electron chi connectivity index (χ3n) is 3.67. The molecule has 1 fully saturated rings. The molecule has 10 heteroatoms. The Hall–Kier alpha value is -2.27. The van der Waals surface area contributed by atoms with Crippen LogP contribution in [0.5, 0.6) is 0 Å². The van der Waals surface area contributed by atoms with Gasteiger partial charge in [0.2, 0.25) is 0 Å². The number of nitrogens with one attached hydrogen (secondary N) is 1. The van der Waals surface area contributed by atoms with Crippen LogP contribution in [0.15, 0.2) is 17.3 Å². The first-order valence-electron chi connectivity index (χ1n) is 6.46. The highest BCUT2D eigenvalue weighted by molar-refractivity contribution is 6.05. The van der Waals surface area contributed by atoms with Crippen molar-refractivity contribution in [2.24, 2.45) is 5.73 Å². The summed E-state index contributed by atoms with van der Waals surface area (Å²) in [5, 5.41) is 28.9. The molecule has 118 valence electrons. The number of primary amides is 1. The fraction of sp³-hybridized carbons (Fsp3) is 0.417. The Morgan fingerprint density at radius 2 is 2.18 bits per heavy atom. The summed E-state index contributed by atoms with van der Waals surface area (Å²) in [5.41, 5.74) is 4.68. The maximum absolute atomic E-state index is 11.9. The molecule has 2 aromatic heterocycles. The van der Waals surface area contributed by atoms with Crippen LogP contribution >= 0.6 is 0 Å². The molecule has 3 rings (SSSR count). The van der Waals surface area contributed by atoms with Crippen molar-refractivity contribution in [2.45, 2.75) is 24.5 Å². The summed E-state index contributed by atoms with van der Waals surface area (Å²) in [4.78, 5) is 29.7. The number of ether oxygens (including phenoxy) is 1. The number of rotatable bonds is 3. The SMILES string of the molecule is NC(=O)c1cn([C@H]2O[C@@H](CO)[C@@H](O)[C@@H]2O)c2nc[nH]c(=O)c12. The van der Waals surface area contributed by atoms with Crippen LogP contribution in [-0.2, 0) is 4.74 Å². The summed E-state index contributed by atoms with van der Waals surface area (Å²) in [6.45, 7) is -0.495. The third kappa shape index (κ3) is 2.01. The second kappa shape index (κ2) is 5.18. The van der Waals surface area contributed by atoms with Crippen molar-refractivity contribution in [3.8, 4) is 0 Å². The topological polar surface area (TPSA) is 164 Å². The van der Waals surface area contributed by atoms with Gasteiger partial charge in [-0.25, -0.2) is 4.98 Å². The molecule has 6 N–H and O–H groups in total. The second-order valence-electron chi connectivity index (χ2n) is 4.97. The quantitative estimate of drug-likeness (QED) is 0.416. The Labute approximate surface area is 122 Å². The maximum Gasteiger partial charge on any atom is 0.261 e. The number of aromatic amines is 1. The lowest BCUT2D eigenvalue weighted by molar-refractivity contribution is -0.0509. The van der Waals surface area contributed by atoms with Crippen molar-refractivity contribution in [3.05, 3.63) is 28.4 Å². The summed E-state index contributed by atoms with van der Waals surface area (Å²) in [7, 11) is 0. The average Bonchev–Trinajstić information content (AvgIpc) is 3.00. The number of aromatic nitrogens is 3. The monoisotopic (exact) mass is 310 g/mol. The molecule has 22 heavy (non-hydrogen) atoms. The largest absolute Gasteiger partial charge is 0.394 e. The van der Waals surface area contributed by atoms with Gasteiger partial charge >= 0.3 is 0 Å². The Morgan fingerprint density at radius 1 is 1.45 bits per heavy atom. The molecule has 10 nitrogen and oxygen atoms in total. The zero-order valence-corrected chi connectivity index (χ0v) is 11.2. The molecule has 1 aliphatic heterocycles. The van der Waals surface area contributed by atoms with Gasteiger partial charge in [0.15, 0.2) is 6.23 Å². The van der Waals surface area contributed by atoms with E-state index in [-0.39, 0.29) is 16.6 Å². The van der Waals surface area contributed by atoms with E-state index < -0.39 is 42.6 Å². The van der Waals surface area contributed by atoms with Crippen molar-refractivity contribution in [2.75, 3.05) is 6.61 Å². The van der Waals surface area contributed by atoms with Gasteiger partial charge in [-0.2, -0.15) is 0 Å². The van der Waals surface area contributed by atoms with Crippen molar-refractivity contribution in [3.63, 3.8) is 0 Å². The molecule has 0 radical (unpaired) electrons. The molecule has 0 bridgehead atoms. The van der Waals surface area contributed by atoms with Gasteiger partial charge < -0.3 is 35.3 Å². The number of aliphatic hydroxyl groups excluding tert-OH is 3. The fourth-order valence-corrected chi connectivity index (χ4v) is 2.58. The van der Waals surface area contributed by atoms with E-state index in [1.165, 1.54) is 10.8 Å². The van der Waals surface area contributed by atoms with Crippen LogP contribution in [-0.4, -0.2) is 60.7 Å². The zero-order valence-electron chi connectivity index (χ0n) is 11.2. The van der Waals surface area contributed by atoms with Crippen LogP contribution in [0.3, 0.4) is 0 Å². The first-order chi connectivity index (χ1) is 10.5. The van der Waals surface area contributed by atoms with Crippen molar-refractivity contribution in [1.82, 2.24) is 14.5 Å². The Kier molecular flexibility index (Phi) is 3.45. The molecule has 4 atom stereocenters. The molecule has 0 saturated carbocycles. The zero-order chi connectivity index (χ0) is 16.0. The number of fused-ring (bicyclic) bond motifs is 1. The number of hydrogen-bond donors (Lipinski definition) is 5. The molecule has 0 aromatic carbocycles. The van der Waals surface area contributed by atoms with Crippen LogP contribution in [0.2, 0.25) is 0 Å². The molecule has 3 heterocycles. The minimum Gasteiger partial charge on any atom is -0.394 e. The van der Waals surface area contributed by atoms with Crippen LogP contribution in [0.4, 0.5) is 0 Å². The van der Waals surface area contributed by atoms with Crippen molar-refractivity contribution in [1.29, 1.82) is 0 Å². The van der Waals surface area contributed by atoms with Crippen LogP contribution in [0.25, 0.3) is 11.0 Å². The van der Waals surface area contributed by atoms with Crippen LogP contribution in [0, 0.1) is 0 Å². The lowest BCUT2D eigenvalue weighted by Gasteiger charge is -2.17. The van der Waals surface area contributed by atoms with Crippen LogP contribution in [0.1, 0.15) is 16.6 Å². The predicted molar refractivity (Wildman–Crippen MR) is 71.9 cm³/mol. The average molecular weight is 310 g/mol. The smallest absolute Gasteiger partial charge is 0.261 e. The number of carbonyl (C=O) groups excluding carboxylic acids is 1. The third-order valence-corrected chi connectivity index (χ3v) is 3.67. The summed E-state index contributed by atoms with van der Waals surface area (Å²) < 4.78 is 6.62. The van der Waals surface area contributed by atoms with E-state index >= 15 is 0 Å². The Morgan fingerprint density at radius 3 is 2.77 bits per heavy atom. The molecule has 0 aliphatic carbocycles. The lowest BCUT2D eigenvalue weighted by atomic mass is 10.1. The van der Waals surface area contributed by atoms with E-state index in [1.807, 2.05) is 0 Å². The molecular formula is C12H14N4O6. The number of nitrogens with zero attached hydrogens (tertiary/aromatic N) is 2.